The lowest BCUT2D eigenvalue weighted by Crippen LogP contribution is -2.42. The molecule has 0 spiro atoms. The monoisotopic (exact) mass is 562 g/mol. The van der Waals surface area contributed by atoms with Gasteiger partial charge in [-0.15, -0.1) is 16.9 Å². The first-order chi connectivity index (χ1) is 17.7. The number of rotatable bonds is 6. The zero-order chi connectivity index (χ0) is 26.2. The molecule has 0 radical (unpaired) electrons. The van der Waals surface area contributed by atoms with Crippen LogP contribution in [0, 0.1) is 0 Å². The Bertz CT molecular complexity index is 1460. The summed E-state index contributed by atoms with van der Waals surface area (Å²) in [7, 11) is 0. The first kappa shape index (κ1) is 25.6. The number of nitrogens with zero attached hydrogens (tertiary/aromatic N) is 4. The molecule has 1 atom stereocenters. The van der Waals surface area contributed by atoms with Crippen molar-refractivity contribution in [3.05, 3.63) is 99.7 Å². The van der Waals surface area contributed by atoms with E-state index in [2.05, 4.69) is 15.5 Å². The molecule has 1 unspecified atom stereocenters. The van der Waals surface area contributed by atoms with Gasteiger partial charge < -0.3 is 4.84 Å². The number of hydrogen-bond donors (Lipinski definition) is 0. The molecule has 2 heterocycles. The highest BCUT2D eigenvalue weighted by Gasteiger charge is 2.62. The summed E-state index contributed by atoms with van der Waals surface area (Å²) in [6, 6.07) is 19.0. The van der Waals surface area contributed by atoms with Crippen LogP contribution in [0.4, 0.5) is 13.2 Å². The molecule has 1 aliphatic rings. The first-order valence-corrected chi connectivity index (χ1v) is 13.1. The van der Waals surface area contributed by atoms with Crippen molar-refractivity contribution in [2.24, 2.45) is 5.16 Å². The van der Waals surface area contributed by atoms with Gasteiger partial charge >= 0.3 is 6.18 Å². The molecule has 0 aliphatic carbocycles. The van der Waals surface area contributed by atoms with E-state index in [0.29, 0.717) is 17.8 Å². The Hall–Kier alpha value is -3.01. The summed E-state index contributed by atoms with van der Waals surface area (Å²) >= 11 is 13.4. The maximum Gasteiger partial charge on any atom is 0.435 e. The molecule has 37 heavy (non-hydrogen) atoms. The van der Waals surface area contributed by atoms with Crippen LogP contribution >= 0.6 is 35.0 Å². The van der Waals surface area contributed by atoms with Crippen molar-refractivity contribution in [1.82, 2.24) is 15.0 Å². The minimum absolute atomic E-state index is 0.0810. The number of alkyl halides is 3. The molecule has 0 fully saturated rings. The van der Waals surface area contributed by atoms with Gasteiger partial charge in [-0.2, -0.15) is 13.2 Å². The van der Waals surface area contributed by atoms with Gasteiger partial charge in [0, 0.05) is 38.1 Å². The summed E-state index contributed by atoms with van der Waals surface area (Å²) in [5.41, 5.74) is 0.371. The van der Waals surface area contributed by atoms with Crippen molar-refractivity contribution in [3.63, 3.8) is 0 Å². The smallest absolute Gasteiger partial charge is 0.374 e. The average Bonchev–Trinajstić information content (AvgIpc) is 3.52. The van der Waals surface area contributed by atoms with E-state index in [-0.39, 0.29) is 21.3 Å². The summed E-state index contributed by atoms with van der Waals surface area (Å²) < 4.78 is 44.8. The van der Waals surface area contributed by atoms with E-state index < -0.39 is 18.2 Å². The average molecular weight is 563 g/mol. The van der Waals surface area contributed by atoms with Crippen molar-refractivity contribution < 1.29 is 18.0 Å². The Kier molecular flexibility index (Phi) is 6.95. The second-order valence-corrected chi connectivity index (χ2v) is 10.2. The second-order valence-electron chi connectivity index (χ2n) is 8.49. The lowest BCUT2D eigenvalue weighted by molar-refractivity contribution is -0.275. The highest BCUT2D eigenvalue weighted by Crippen LogP contribution is 2.50. The van der Waals surface area contributed by atoms with Crippen LogP contribution in [0.2, 0.25) is 10.0 Å². The fourth-order valence-corrected chi connectivity index (χ4v) is 5.36. The van der Waals surface area contributed by atoms with Gasteiger partial charge in [0.1, 0.15) is 5.69 Å². The van der Waals surface area contributed by atoms with Gasteiger partial charge in [0.15, 0.2) is 0 Å². The van der Waals surface area contributed by atoms with E-state index in [4.69, 9.17) is 28.0 Å². The third-order valence-electron chi connectivity index (χ3n) is 6.05. The number of oxime groups is 1. The lowest BCUT2D eigenvalue weighted by atomic mass is 9.86. The number of hydrogen-bond acceptors (Lipinski definition) is 5. The summed E-state index contributed by atoms with van der Waals surface area (Å²) in [6.07, 6.45) is -1.55. The van der Waals surface area contributed by atoms with Crippen LogP contribution in [0.5, 0.6) is 0 Å². The number of aromatic nitrogens is 3. The Labute approximate surface area is 225 Å². The molecule has 5 nitrogen and oxygen atoms in total. The Morgan fingerprint density at radius 1 is 1.03 bits per heavy atom. The molecular weight excluding hydrogens is 544 g/mol. The molecule has 3 aromatic carbocycles. The Morgan fingerprint density at radius 3 is 2.43 bits per heavy atom. The summed E-state index contributed by atoms with van der Waals surface area (Å²) in [5, 5.41) is 12.5. The normalized spacial score (nSPS) is 17.5. The van der Waals surface area contributed by atoms with E-state index in [1.165, 1.54) is 30.0 Å². The van der Waals surface area contributed by atoms with Crippen molar-refractivity contribution in [2.75, 3.05) is 6.26 Å². The zero-order valence-electron chi connectivity index (χ0n) is 19.3. The highest BCUT2D eigenvalue weighted by atomic mass is 35.5. The van der Waals surface area contributed by atoms with Gasteiger partial charge in [-0.1, -0.05) is 76.0 Å². The first-order valence-electron chi connectivity index (χ1n) is 11.1. The fraction of sp³-hybridized carbons (Fsp3) is 0.192. The van der Waals surface area contributed by atoms with Gasteiger partial charge in [0.05, 0.1) is 18.5 Å². The topological polar surface area (TPSA) is 52.3 Å². The van der Waals surface area contributed by atoms with Gasteiger partial charge in [0.2, 0.25) is 0 Å². The molecule has 190 valence electrons. The SMILES string of the molecule is CSc1cc(C2=NOC(c3cc(Cl)cc(Cl)c3)(C(F)(F)F)C2)ccc1-c1cn(Cc2ccccc2)nn1. The maximum absolute atomic E-state index is 14.3. The van der Waals surface area contributed by atoms with Crippen molar-refractivity contribution in [1.29, 1.82) is 0 Å². The summed E-state index contributed by atoms with van der Waals surface area (Å²) in [5.74, 6) is 0. The molecule has 0 amide bonds. The van der Waals surface area contributed by atoms with Crippen LogP contribution in [-0.4, -0.2) is 33.1 Å². The number of halogens is 5. The molecule has 0 saturated carbocycles. The lowest BCUT2D eigenvalue weighted by Gasteiger charge is -2.29. The quantitative estimate of drug-likeness (QED) is 0.227. The molecule has 0 saturated heterocycles. The fourth-order valence-electron chi connectivity index (χ4n) is 4.20. The third kappa shape index (κ3) is 5.08. The molecule has 5 rings (SSSR count). The maximum atomic E-state index is 14.3. The van der Waals surface area contributed by atoms with Crippen LogP contribution in [0.1, 0.15) is 23.1 Å². The van der Waals surface area contributed by atoms with E-state index in [0.717, 1.165) is 16.0 Å². The van der Waals surface area contributed by atoms with Gasteiger partial charge in [-0.05, 0) is 36.1 Å². The summed E-state index contributed by atoms with van der Waals surface area (Å²) in [4.78, 5) is 5.95. The third-order valence-corrected chi connectivity index (χ3v) is 7.27. The summed E-state index contributed by atoms with van der Waals surface area (Å²) in [6.45, 7) is 0.571. The van der Waals surface area contributed by atoms with Gasteiger partial charge in [-0.3, -0.25) is 0 Å². The Balaban J connectivity index is 1.43. The molecule has 4 aromatic rings. The van der Waals surface area contributed by atoms with Crippen LogP contribution in [0.15, 0.2) is 83.0 Å². The Morgan fingerprint density at radius 2 is 1.76 bits per heavy atom. The highest BCUT2D eigenvalue weighted by molar-refractivity contribution is 7.98. The number of thioether (sulfide) groups is 1. The van der Waals surface area contributed by atoms with Gasteiger partial charge in [0.25, 0.3) is 5.60 Å². The van der Waals surface area contributed by atoms with Crippen molar-refractivity contribution in [3.8, 4) is 11.3 Å². The van der Waals surface area contributed by atoms with Crippen LogP contribution in [0.3, 0.4) is 0 Å². The standard InChI is InChI=1S/C26H19Cl2F3N4OS/c1-37-24-9-17(7-8-21(24)23-15-35(34-32-23)14-16-5-3-2-4-6-16)22-13-25(36-33-22,26(29,30)31)18-10-19(27)12-20(28)11-18/h2-12,15H,13-14H2,1H3. The van der Waals surface area contributed by atoms with Crippen molar-refractivity contribution >= 4 is 40.7 Å². The largest absolute Gasteiger partial charge is 0.435 e. The van der Waals surface area contributed by atoms with Crippen LogP contribution in [0.25, 0.3) is 11.3 Å². The predicted molar refractivity (Wildman–Crippen MR) is 139 cm³/mol. The molecule has 0 bridgehead atoms. The molecule has 0 N–H and O–H groups in total. The van der Waals surface area contributed by atoms with E-state index in [9.17, 15) is 13.2 Å². The van der Waals surface area contributed by atoms with E-state index >= 15 is 0 Å². The van der Waals surface area contributed by atoms with Crippen molar-refractivity contribution in [2.45, 2.75) is 29.6 Å². The zero-order valence-corrected chi connectivity index (χ0v) is 21.7. The molecular formula is C26H19Cl2F3N4OS. The second kappa shape index (κ2) is 10.0. The molecule has 11 heteroatoms. The number of benzene rings is 3. The van der Waals surface area contributed by atoms with E-state index in [1.54, 1.807) is 16.8 Å². The van der Waals surface area contributed by atoms with Crippen LogP contribution < -0.4 is 0 Å². The van der Waals surface area contributed by atoms with Crippen LogP contribution in [-0.2, 0) is 17.0 Å². The van der Waals surface area contributed by atoms with E-state index in [1.807, 2.05) is 48.9 Å². The molecule has 1 aliphatic heterocycles. The van der Waals surface area contributed by atoms with Gasteiger partial charge in [-0.25, -0.2) is 4.68 Å². The minimum atomic E-state index is -4.76. The minimum Gasteiger partial charge on any atom is -0.374 e. The predicted octanol–water partition coefficient (Wildman–Crippen LogP) is 7.60. The molecule has 1 aromatic heterocycles.